The van der Waals surface area contributed by atoms with Crippen LogP contribution in [0.1, 0.15) is 55.2 Å². The van der Waals surface area contributed by atoms with Crippen LogP contribution in [0.3, 0.4) is 0 Å². The highest BCUT2D eigenvalue weighted by Gasteiger charge is 2.29. The first-order valence-electron chi connectivity index (χ1n) is 9.79. The number of carbonyl (C=O) groups excluding carboxylic acids is 2. The molecule has 0 unspecified atom stereocenters. The molecule has 2 aromatic rings. The molecular formula is C18H24N6O4S. The summed E-state index contributed by atoms with van der Waals surface area (Å²) >= 11 is 1.43. The van der Waals surface area contributed by atoms with Crippen molar-refractivity contribution in [2.45, 2.75) is 51.7 Å². The number of nitrogens with one attached hydrogen (secondary N) is 2. The van der Waals surface area contributed by atoms with Gasteiger partial charge >= 0.3 is 18.0 Å². The summed E-state index contributed by atoms with van der Waals surface area (Å²) < 4.78 is 11.3. The molecule has 0 spiro atoms. The Hall–Kier alpha value is -2.69. The number of amides is 2. The third-order valence-corrected chi connectivity index (χ3v) is 6.21. The number of carbonyl (C=O) groups is 2. The van der Waals surface area contributed by atoms with Crippen LogP contribution in [0.25, 0.3) is 0 Å². The zero-order valence-electron chi connectivity index (χ0n) is 16.4. The van der Waals surface area contributed by atoms with Gasteiger partial charge in [-0.1, -0.05) is 29.3 Å². The standard InChI is InChI=1S/C18H24N6O4S/c1-10(27-15(25)11-5-3-4-6-11)14-22-23-18(28-14)24-8-7-12-13(9-24)29-17(20-12)21-16(26)19-2/h10-11H,3-9H2,1-2H3,(H2,19,20,21,26)/t10-/m1/s1. The molecule has 1 aliphatic carbocycles. The lowest BCUT2D eigenvalue weighted by Gasteiger charge is -2.23. The SMILES string of the molecule is CNC(=O)Nc1nc2c(s1)CN(c1nnc([C@@H](C)OC(=O)C3CCCC3)o1)CC2. The van der Waals surface area contributed by atoms with Gasteiger partial charge in [0, 0.05) is 24.9 Å². The normalized spacial score (nSPS) is 17.7. The molecule has 1 saturated carbocycles. The largest absolute Gasteiger partial charge is 0.452 e. The second kappa shape index (κ2) is 8.36. The van der Waals surface area contributed by atoms with E-state index in [9.17, 15) is 9.59 Å². The third kappa shape index (κ3) is 4.34. The Bertz CT molecular complexity index is 891. The first-order chi connectivity index (χ1) is 14.0. The molecule has 2 amide bonds. The number of aromatic nitrogens is 3. The van der Waals surface area contributed by atoms with E-state index >= 15 is 0 Å². The van der Waals surface area contributed by atoms with Crippen LogP contribution in [0.2, 0.25) is 0 Å². The predicted octanol–water partition coefficient (Wildman–Crippen LogP) is 2.63. The molecule has 1 aliphatic heterocycles. The molecule has 1 atom stereocenters. The molecule has 0 aromatic carbocycles. The maximum atomic E-state index is 12.2. The van der Waals surface area contributed by atoms with Crippen LogP contribution in [0, 0.1) is 5.92 Å². The molecule has 2 aromatic heterocycles. The van der Waals surface area contributed by atoms with Crippen LogP contribution in [0.4, 0.5) is 15.9 Å². The van der Waals surface area contributed by atoms with E-state index in [0.717, 1.165) is 36.3 Å². The predicted molar refractivity (Wildman–Crippen MR) is 106 cm³/mol. The Labute approximate surface area is 172 Å². The summed E-state index contributed by atoms with van der Waals surface area (Å²) in [5.41, 5.74) is 0.969. The van der Waals surface area contributed by atoms with Gasteiger partial charge in [-0.2, -0.15) is 0 Å². The number of anilines is 2. The molecule has 0 radical (unpaired) electrons. The number of nitrogens with zero attached hydrogens (tertiary/aromatic N) is 4. The van der Waals surface area contributed by atoms with Crippen molar-refractivity contribution in [3.05, 3.63) is 16.5 Å². The van der Waals surface area contributed by atoms with Crippen LogP contribution < -0.4 is 15.5 Å². The number of esters is 1. The Morgan fingerprint density at radius 1 is 1.31 bits per heavy atom. The molecule has 0 saturated heterocycles. The van der Waals surface area contributed by atoms with Crippen LogP contribution in [-0.4, -0.2) is 40.8 Å². The zero-order valence-corrected chi connectivity index (χ0v) is 17.3. The molecule has 2 aliphatic rings. The second-order valence-corrected chi connectivity index (χ2v) is 8.33. The summed E-state index contributed by atoms with van der Waals surface area (Å²) in [6.45, 7) is 2.99. The molecule has 3 heterocycles. The van der Waals surface area contributed by atoms with Crippen molar-refractivity contribution < 1.29 is 18.7 Å². The van der Waals surface area contributed by atoms with Gasteiger partial charge in [0.25, 0.3) is 5.89 Å². The van der Waals surface area contributed by atoms with Crippen molar-refractivity contribution in [1.29, 1.82) is 0 Å². The summed E-state index contributed by atoms with van der Waals surface area (Å²) in [7, 11) is 1.56. The van der Waals surface area contributed by atoms with Gasteiger partial charge in [0.15, 0.2) is 11.2 Å². The number of thiazole rings is 1. The third-order valence-electron chi connectivity index (χ3n) is 5.21. The van der Waals surface area contributed by atoms with Crippen molar-refractivity contribution in [2.75, 3.05) is 23.8 Å². The van der Waals surface area contributed by atoms with Crippen molar-refractivity contribution in [3.8, 4) is 0 Å². The van der Waals surface area contributed by atoms with E-state index in [2.05, 4.69) is 25.8 Å². The van der Waals surface area contributed by atoms with Gasteiger partial charge in [0.05, 0.1) is 18.2 Å². The zero-order chi connectivity index (χ0) is 20.4. The van der Waals surface area contributed by atoms with Crippen LogP contribution >= 0.6 is 11.3 Å². The van der Waals surface area contributed by atoms with E-state index < -0.39 is 6.10 Å². The smallest absolute Gasteiger partial charge is 0.320 e. The van der Waals surface area contributed by atoms with Gasteiger partial charge in [-0.3, -0.25) is 10.1 Å². The lowest BCUT2D eigenvalue weighted by molar-refractivity contribution is -0.154. The van der Waals surface area contributed by atoms with Gasteiger partial charge in [-0.05, 0) is 19.8 Å². The minimum atomic E-state index is -0.573. The van der Waals surface area contributed by atoms with Crippen molar-refractivity contribution >= 4 is 34.5 Å². The van der Waals surface area contributed by atoms with E-state index in [0.29, 0.717) is 36.5 Å². The number of urea groups is 1. The summed E-state index contributed by atoms with van der Waals surface area (Å²) in [5, 5.41) is 14.0. The quantitative estimate of drug-likeness (QED) is 0.708. The molecule has 4 rings (SSSR count). The van der Waals surface area contributed by atoms with E-state index in [-0.39, 0.29) is 17.9 Å². The number of fused-ring (bicyclic) bond motifs is 1. The molecule has 156 valence electrons. The van der Waals surface area contributed by atoms with E-state index in [1.807, 2.05) is 4.90 Å². The highest BCUT2D eigenvalue weighted by molar-refractivity contribution is 7.15. The Balaban J connectivity index is 1.38. The molecule has 1 fully saturated rings. The number of ether oxygens (including phenoxy) is 1. The van der Waals surface area contributed by atoms with Gasteiger partial charge in [0.2, 0.25) is 0 Å². The maximum absolute atomic E-state index is 12.2. The number of rotatable bonds is 5. The minimum absolute atomic E-state index is 0.00992. The Morgan fingerprint density at radius 2 is 2.10 bits per heavy atom. The van der Waals surface area contributed by atoms with Gasteiger partial charge in [-0.25, -0.2) is 9.78 Å². The molecule has 10 nitrogen and oxygen atoms in total. The molecule has 0 bridgehead atoms. The molecule has 29 heavy (non-hydrogen) atoms. The van der Waals surface area contributed by atoms with Crippen LogP contribution in [0.15, 0.2) is 4.42 Å². The average Bonchev–Trinajstić information content (AvgIpc) is 3.46. The van der Waals surface area contributed by atoms with Crippen LogP contribution in [-0.2, 0) is 22.5 Å². The lowest BCUT2D eigenvalue weighted by atomic mass is 10.1. The van der Waals surface area contributed by atoms with Crippen molar-refractivity contribution in [3.63, 3.8) is 0 Å². The Morgan fingerprint density at radius 3 is 2.86 bits per heavy atom. The van der Waals surface area contributed by atoms with E-state index in [4.69, 9.17) is 9.15 Å². The van der Waals surface area contributed by atoms with Gasteiger partial charge < -0.3 is 19.4 Å². The first kappa shape index (κ1) is 19.6. The summed E-state index contributed by atoms with van der Waals surface area (Å²) in [5.74, 6) is 0.103. The average molecular weight is 420 g/mol. The number of hydrogen-bond acceptors (Lipinski definition) is 9. The Kier molecular flexibility index (Phi) is 5.65. The lowest BCUT2D eigenvalue weighted by Crippen LogP contribution is -2.29. The summed E-state index contributed by atoms with van der Waals surface area (Å²) in [4.78, 5) is 31.2. The van der Waals surface area contributed by atoms with Crippen LogP contribution in [0.5, 0.6) is 0 Å². The second-order valence-electron chi connectivity index (χ2n) is 7.25. The van der Waals surface area contributed by atoms with E-state index in [1.165, 1.54) is 11.3 Å². The molecule has 2 N–H and O–H groups in total. The fourth-order valence-electron chi connectivity index (χ4n) is 3.57. The minimum Gasteiger partial charge on any atom is -0.452 e. The van der Waals surface area contributed by atoms with Gasteiger partial charge in [0.1, 0.15) is 0 Å². The summed E-state index contributed by atoms with van der Waals surface area (Å²) in [6.07, 6.45) is 4.08. The molecular weight excluding hydrogens is 396 g/mol. The maximum Gasteiger partial charge on any atom is 0.320 e. The summed E-state index contributed by atoms with van der Waals surface area (Å²) in [6, 6.07) is 0.0965. The fourth-order valence-corrected chi connectivity index (χ4v) is 4.59. The monoisotopic (exact) mass is 420 g/mol. The highest BCUT2D eigenvalue weighted by atomic mass is 32.1. The van der Waals surface area contributed by atoms with Gasteiger partial charge in [-0.15, -0.1) is 5.10 Å². The van der Waals surface area contributed by atoms with Crippen molar-refractivity contribution in [1.82, 2.24) is 20.5 Å². The highest BCUT2D eigenvalue weighted by Crippen LogP contribution is 2.32. The topological polar surface area (TPSA) is 122 Å². The van der Waals surface area contributed by atoms with E-state index in [1.54, 1.807) is 14.0 Å². The number of hydrogen-bond donors (Lipinski definition) is 2. The molecule has 11 heteroatoms. The fraction of sp³-hybridized carbons (Fsp3) is 0.611. The first-order valence-corrected chi connectivity index (χ1v) is 10.6. The van der Waals surface area contributed by atoms with Crippen molar-refractivity contribution in [2.24, 2.45) is 5.92 Å².